The van der Waals surface area contributed by atoms with E-state index in [1.165, 1.54) is 26.2 Å². The molecule has 0 unspecified atom stereocenters. The van der Waals surface area contributed by atoms with Crippen molar-refractivity contribution >= 4 is 39.2 Å². The molecule has 2 amide bonds. The molecule has 0 fully saturated rings. The highest BCUT2D eigenvalue weighted by atomic mass is 32.2. The quantitative estimate of drug-likeness (QED) is 0.433. The number of anilines is 1. The molecule has 190 valence electrons. The summed E-state index contributed by atoms with van der Waals surface area (Å²) in [6, 6.07) is 4.60. The lowest BCUT2D eigenvalue weighted by molar-refractivity contribution is -0.120. The maximum absolute atomic E-state index is 12.7. The minimum absolute atomic E-state index is 0.0518. The molecule has 1 aromatic heterocycles. The molecule has 1 aliphatic heterocycles. The van der Waals surface area contributed by atoms with Crippen LogP contribution in [0.5, 0.6) is 0 Å². The Kier molecular flexibility index (Phi) is 8.19. The first-order valence-corrected chi connectivity index (χ1v) is 13.2. The molecule has 3 rings (SSSR count). The van der Waals surface area contributed by atoms with Crippen LogP contribution >= 0.6 is 0 Å². The third kappa shape index (κ3) is 5.66. The zero-order chi connectivity index (χ0) is 25.9. The van der Waals surface area contributed by atoms with Crippen LogP contribution in [0.15, 0.2) is 23.1 Å². The topological polar surface area (TPSA) is 115 Å². The Morgan fingerprint density at radius 2 is 1.83 bits per heavy atom. The van der Waals surface area contributed by atoms with Crippen LogP contribution in [-0.4, -0.2) is 74.7 Å². The minimum Gasteiger partial charge on any atom is -0.359 e. The fraction of sp³-hybridized carbons (Fsp3) is 0.440. The molecule has 1 aliphatic rings. The van der Waals surface area contributed by atoms with Gasteiger partial charge in [0.1, 0.15) is 0 Å². The van der Waals surface area contributed by atoms with Crippen LogP contribution in [0.25, 0.3) is 11.6 Å². The van der Waals surface area contributed by atoms with E-state index >= 15 is 0 Å². The highest BCUT2D eigenvalue weighted by molar-refractivity contribution is 7.89. The largest absolute Gasteiger partial charge is 0.359 e. The van der Waals surface area contributed by atoms with Crippen LogP contribution in [-0.2, 0) is 26.0 Å². The number of hydrogen-bond acceptors (Lipinski definition) is 5. The standard InChI is InChI=1S/C25H35N5O4S/c1-7-30(8-2)12-11-26-24(31)15-19-16(3)23(27-17(19)4)14-21-20-13-18(35(33,34)29(5)6)9-10-22(20)28-25(21)32/h9-10,13-14,27H,7-8,11-12,15H2,1-6H3,(H,26,31)(H,28,32)/b21-14-. The van der Waals surface area contributed by atoms with Gasteiger partial charge in [0.05, 0.1) is 16.9 Å². The second-order valence-corrected chi connectivity index (χ2v) is 11.0. The van der Waals surface area contributed by atoms with E-state index in [0.29, 0.717) is 29.1 Å². The number of fused-ring (bicyclic) bond motifs is 1. The number of aryl methyl sites for hydroxylation is 1. The van der Waals surface area contributed by atoms with Crippen LogP contribution in [0, 0.1) is 13.8 Å². The van der Waals surface area contributed by atoms with E-state index in [4.69, 9.17) is 0 Å². The van der Waals surface area contributed by atoms with Crippen molar-refractivity contribution in [2.45, 2.75) is 39.0 Å². The van der Waals surface area contributed by atoms with Crippen molar-refractivity contribution in [3.63, 3.8) is 0 Å². The van der Waals surface area contributed by atoms with Crippen molar-refractivity contribution < 1.29 is 18.0 Å². The van der Waals surface area contributed by atoms with Crippen LogP contribution in [0.3, 0.4) is 0 Å². The summed E-state index contributed by atoms with van der Waals surface area (Å²) in [5.74, 6) is -0.356. The number of carbonyl (C=O) groups is 2. The molecule has 0 saturated heterocycles. The van der Waals surface area contributed by atoms with Crippen molar-refractivity contribution in [2.24, 2.45) is 0 Å². The van der Waals surface area contributed by atoms with E-state index in [-0.39, 0.29) is 23.1 Å². The predicted molar refractivity (Wildman–Crippen MR) is 139 cm³/mol. The molecular formula is C25H35N5O4S. The number of H-pyrrole nitrogens is 1. The van der Waals surface area contributed by atoms with E-state index in [1.807, 2.05) is 13.8 Å². The van der Waals surface area contributed by atoms with Gasteiger partial charge in [0.2, 0.25) is 15.9 Å². The Morgan fingerprint density at radius 1 is 1.14 bits per heavy atom. The number of benzene rings is 1. The van der Waals surface area contributed by atoms with Crippen molar-refractivity contribution in [3.05, 3.63) is 46.3 Å². The van der Waals surface area contributed by atoms with Crippen molar-refractivity contribution in [2.75, 3.05) is 45.6 Å². The number of sulfonamides is 1. The summed E-state index contributed by atoms with van der Waals surface area (Å²) in [4.78, 5) is 30.9. The van der Waals surface area contributed by atoms with Crippen LogP contribution in [0.1, 0.15) is 41.9 Å². The molecule has 0 spiro atoms. The van der Waals surface area contributed by atoms with Gasteiger partial charge in [0, 0.05) is 49.8 Å². The molecule has 3 N–H and O–H groups in total. The Hall–Kier alpha value is -2.95. The molecule has 9 nitrogen and oxygen atoms in total. The Labute approximate surface area is 207 Å². The number of aromatic amines is 1. The minimum atomic E-state index is -3.64. The summed E-state index contributed by atoms with van der Waals surface area (Å²) in [5.41, 5.74) is 4.80. The molecule has 0 aliphatic carbocycles. The molecule has 35 heavy (non-hydrogen) atoms. The fourth-order valence-electron chi connectivity index (χ4n) is 4.17. The lowest BCUT2D eigenvalue weighted by Crippen LogP contribution is -2.35. The summed E-state index contributed by atoms with van der Waals surface area (Å²) >= 11 is 0. The number of amides is 2. The number of carbonyl (C=O) groups excluding carboxylic acids is 2. The smallest absolute Gasteiger partial charge is 0.256 e. The molecule has 1 aromatic carbocycles. The van der Waals surface area contributed by atoms with Gasteiger partial charge in [-0.2, -0.15) is 0 Å². The Morgan fingerprint density at radius 3 is 2.46 bits per heavy atom. The number of aromatic nitrogens is 1. The molecule has 0 bridgehead atoms. The third-order valence-electron chi connectivity index (χ3n) is 6.45. The zero-order valence-corrected chi connectivity index (χ0v) is 22.1. The van der Waals surface area contributed by atoms with Gasteiger partial charge in [-0.3, -0.25) is 9.59 Å². The van der Waals surface area contributed by atoms with Crippen LogP contribution in [0.4, 0.5) is 5.69 Å². The SMILES string of the molecule is CCN(CC)CCNC(=O)Cc1c(C)[nH]c(/C=C2\C(=O)Nc3ccc(S(=O)(=O)N(C)C)cc32)c1C. The first-order chi connectivity index (χ1) is 16.5. The summed E-state index contributed by atoms with van der Waals surface area (Å²) in [6.07, 6.45) is 1.96. The number of nitrogens with one attached hydrogen (secondary N) is 3. The predicted octanol–water partition coefficient (Wildman–Crippen LogP) is 2.38. The zero-order valence-electron chi connectivity index (χ0n) is 21.3. The van der Waals surface area contributed by atoms with Gasteiger partial charge < -0.3 is 20.5 Å². The second-order valence-electron chi connectivity index (χ2n) is 8.83. The van der Waals surface area contributed by atoms with Gasteiger partial charge in [0.25, 0.3) is 5.91 Å². The van der Waals surface area contributed by atoms with E-state index in [2.05, 4.69) is 34.4 Å². The van der Waals surface area contributed by atoms with Gasteiger partial charge >= 0.3 is 0 Å². The van der Waals surface area contributed by atoms with Crippen molar-refractivity contribution in [1.82, 2.24) is 19.5 Å². The third-order valence-corrected chi connectivity index (χ3v) is 8.27. The van der Waals surface area contributed by atoms with Gasteiger partial charge in [-0.25, -0.2) is 12.7 Å². The molecule has 2 heterocycles. The van der Waals surface area contributed by atoms with Gasteiger partial charge in [-0.1, -0.05) is 13.8 Å². The highest BCUT2D eigenvalue weighted by Gasteiger charge is 2.28. The molecular weight excluding hydrogens is 466 g/mol. The molecule has 10 heteroatoms. The second kappa shape index (κ2) is 10.8. The van der Waals surface area contributed by atoms with Gasteiger partial charge in [0.15, 0.2) is 0 Å². The normalized spacial score (nSPS) is 14.6. The number of nitrogens with zero attached hydrogens (tertiary/aromatic N) is 2. The number of hydrogen-bond donors (Lipinski definition) is 3. The van der Waals surface area contributed by atoms with E-state index in [0.717, 1.165) is 40.8 Å². The average molecular weight is 502 g/mol. The van der Waals surface area contributed by atoms with E-state index in [1.54, 1.807) is 12.1 Å². The maximum Gasteiger partial charge on any atom is 0.256 e. The van der Waals surface area contributed by atoms with Crippen molar-refractivity contribution in [1.29, 1.82) is 0 Å². The molecule has 0 radical (unpaired) electrons. The maximum atomic E-state index is 12.7. The summed E-state index contributed by atoms with van der Waals surface area (Å²) in [6.45, 7) is 11.3. The fourth-order valence-corrected chi connectivity index (χ4v) is 5.10. The van der Waals surface area contributed by atoms with Crippen molar-refractivity contribution in [3.8, 4) is 0 Å². The average Bonchev–Trinajstić information content (AvgIpc) is 3.26. The van der Waals surface area contributed by atoms with Crippen LogP contribution < -0.4 is 10.6 Å². The summed E-state index contributed by atoms with van der Waals surface area (Å²) < 4.78 is 26.3. The van der Waals surface area contributed by atoms with Gasteiger partial charge in [-0.15, -0.1) is 0 Å². The lowest BCUT2D eigenvalue weighted by Gasteiger charge is -2.18. The monoisotopic (exact) mass is 501 g/mol. The first-order valence-electron chi connectivity index (χ1n) is 11.8. The summed E-state index contributed by atoms with van der Waals surface area (Å²) in [5, 5.41) is 5.77. The summed E-state index contributed by atoms with van der Waals surface area (Å²) in [7, 11) is -0.707. The lowest BCUT2D eigenvalue weighted by atomic mass is 10.0. The number of likely N-dealkylation sites (N-methyl/N-ethyl adjacent to an activating group) is 1. The Bertz CT molecular complexity index is 1260. The molecule has 2 aromatic rings. The first kappa shape index (κ1) is 26.7. The number of rotatable bonds is 10. The molecule has 0 saturated carbocycles. The highest BCUT2D eigenvalue weighted by Crippen LogP contribution is 2.36. The molecule has 0 atom stereocenters. The van der Waals surface area contributed by atoms with E-state index < -0.39 is 10.0 Å². The van der Waals surface area contributed by atoms with Crippen LogP contribution in [0.2, 0.25) is 0 Å². The van der Waals surface area contributed by atoms with Gasteiger partial charge in [-0.05, 0) is 62.3 Å². The Balaban J connectivity index is 1.85. The van der Waals surface area contributed by atoms with E-state index in [9.17, 15) is 18.0 Å².